The summed E-state index contributed by atoms with van der Waals surface area (Å²) in [6.07, 6.45) is 0.199. The third kappa shape index (κ3) is 6.22. The van der Waals surface area contributed by atoms with Crippen molar-refractivity contribution in [3.63, 3.8) is 0 Å². The van der Waals surface area contributed by atoms with Crippen molar-refractivity contribution < 1.29 is 19.5 Å². The Morgan fingerprint density at radius 1 is 1.12 bits per heavy atom. The van der Waals surface area contributed by atoms with Crippen LogP contribution in [-0.4, -0.2) is 47.4 Å². The molecule has 25 heavy (non-hydrogen) atoms. The fourth-order valence-electron chi connectivity index (χ4n) is 2.39. The zero-order valence-electron chi connectivity index (χ0n) is 13.8. The second-order valence-electron chi connectivity index (χ2n) is 5.51. The van der Waals surface area contributed by atoms with Crippen LogP contribution < -0.4 is 22.5 Å². The zero-order valence-corrected chi connectivity index (χ0v) is 13.8. The number of ketones is 1. The third-order valence-corrected chi connectivity index (χ3v) is 3.65. The molecule has 0 spiro atoms. The van der Waals surface area contributed by atoms with Crippen molar-refractivity contribution in [3.8, 4) is 0 Å². The molecule has 9 heteroatoms. The minimum atomic E-state index is -1.80. The predicted octanol–water partition coefficient (Wildman–Crippen LogP) is -1.25. The van der Waals surface area contributed by atoms with E-state index in [1.165, 1.54) is 0 Å². The Morgan fingerprint density at radius 2 is 1.76 bits per heavy atom. The summed E-state index contributed by atoms with van der Waals surface area (Å²) in [5, 5.41) is 11.4. The van der Waals surface area contributed by atoms with E-state index in [4.69, 9.17) is 22.3 Å². The number of nitrogens with zero attached hydrogens (tertiary/aromatic N) is 1. The van der Waals surface area contributed by atoms with Gasteiger partial charge in [-0.2, -0.15) is 0 Å². The van der Waals surface area contributed by atoms with Gasteiger partial charge < -0.3 is 22.3 Å². The molecule has 0 aliphatic heterocycles. The van der Waals surface area contributed by atoms with E-state index in [-0.39, 0.29) is 31.8 Å². The van der Waals surface area contributed by atoms with E-state index in [2.05, 4.69) is 10.3 Å². The maximum Gasteiger partial charge on any atom is 0.317 e. The first kappa shape index (κ1) is 20.1. The fraction of sp³-hybridized carbons (Fsp3) is 0.375. The first-order chi connectivity index (χ1) is 11.8. The Balaban J connectivity index is 3.00. The molecule has 1 aromatic rings. The molecule has 9 nitrogen and oxygen atoms in total. The monoisotopic (exact) mass is 349 g/mol. The number of carbonyl (C=O) groups excluding carboxylic acids is 2. The highest BCUT2D eigenvalue weighted by atomic mass is 16.4. The number of Topliss-reactive ketones (excluding diaryl/α,β-unsaturated/α-hetero) is 1. The molecule has 0 heterocycles. The third-order valence-electron chi connectivity index (χ3n) is 3.65. The summed E-state index contributed by atoms with van der Waals surface area (Å²) < 4.78 is 0. The van der Waals surface area contributed by atoms with Crippen LogP contribution >= 0.6 is 0 Å². The lowest BCUT2D eigenvalue weighted by atomic mass is 9.84. The number of carbonyl (C=O) groups is 3. The Morgan fingerprint density at radius 3 is 2.28 bits per heavy atom. The fourth-order valence-corrected chi connectivity index (χ4v) is 2.39. The standard InChI is InChI=1S/C16H23N5O4/c17-14(25)16(21-10-13(23)24,7-4-8-20-15(18)19)12(22)9-11-5-2-1-3-6-11/h1-3,5-6,21H,4,7-10H2,(H2,17,25)(H,23,24)(H4,18,19,20)/t16-/m1/s1. The van der Waals surface area contributed by atoms with Crippen LogP contribution in [0.1, 0.15) is 18.4 Å². The molecule has 0 saturated heterocycles. The second kappa shape index (κ2) is 9.38. The summed E-state index contributed by atoms with van der Waals surface area (Å²) >= 11 is 0. The van der Waals surface area contributed by atoms with E-state index < -0.39 is 29.7 Å². The van der Waals surface area contributed by atoms with Crippen LogP contribution in [0.5, 0.6) is 0 Å². The SMILES string of the molecule is NC(=O)[C@](CCCN=C(N)N)(NCC(=O)O)C(=O)Cc1ccccc1. The number of aliphatic carboxylic acids is 1. The first-order valence-corrected chi connectivity index (χ1v) is 7.67. The molecule has 8 N–H and O–H groups in total. The molecule has 1 amide bonds. The number of carboxylic acids is 1. The molecular weight excluding hydrogens is 326 g/mol. The zero-order chi connectivity index (χ0) is 18.9. The molecule has 0 radical (unpaired) electrons. The Kier molecular flexibility index (Phi) is 7.54. The Labute approximate surface area is 145 Å². The quantitative estimate of drug-likeness (QED) is 0.143. The minimum Gasteiger partial charge on any atom is -0.480 e. The highest BCUT2D eigenvalue weighted by Crippen LogP contribution is 2.18. The molecule has 0 saturated carbocycles. The maximum absolute atomic E-state index is 12.8. The molecule has 1 atom stereocenters. The molecule has 1 aromatic carbocycles. The molecule has 0 aliphatic rings. The summed E-state index contributed by atoms with van der Waals surface area (Å²) in [4.78, 5) is 39.5. The van der Waals surface area contributed by atoms with Gasteiger partial charge in [0.15, 0.2) is 17.3 Å². The average molecular weight is 349 g/mol. The number of nitrogens with one attached hydrogen (secondary N) is 1. The lowest BCUT2D eigenvalue weighted by Gasteiger charge is -2.30. The predicted molar refractivity (Wildman–Crippen MR) is 92.6 cm³/mol. The number of aliphatic imine (C=N–C) groups is 1. The van der Waals surface area contributed by atoms with E-state index in [1.807, 2.05) is 0 Å². The smallest absolute Gasteiger partial charge is 0.317 e. The van der Waals surface area contributed by atoms with Crippen molar-refractivity contribution in [2.75, 3.05) is 13.1 Å². The highest BCUT2D eigenvalue weighted by molar-refractivity contribution is 6.11. The number of rotatable bonds is 11. The topological polar surface area (TPSA) is 174 Å². The molecule has 1 rings (SSSR count). The van der Waals surface area contributed by atoms with Crippen LogP contribution in [0.3, 0.4) is 0 Å². The number of hydrogen-bond donors (Lipinski definition) is 5. The summed E-state index contributed by atoms with van der Waals surface area (Å²) in [5.41, 5.74) is 14.8. The summed E-state index contributed by atoms with van der Waals surface area (Å²) in [6.45, 7) is -0.392. The van der Waals surface area contributed by atoms with Crippen LogP contribution in [0.15, 0.2) is 35.3 Å². The number of benzene rings is 1. The van der Waals surface area contributed by atoms with Crippen LogP contribution in [0.2, 0.25) is 0 Å². The largest absolute Gasteiger partial charge is 0.480 e. The number of hydrogen-bond acceptors (Lipinski definition) is 5. The average Bonchev–Trinajstić information content (AvgIpc) is 2.54. The number of primary amides is 1. The number of guanidine groups is 1. The van der Waals surface area contributed by atoms with Gasteiger partial charge in [0.2, 0.25) is 5.91 Å². The molecular formula is C16H23N5O4. The lowest BCUT2D eigenvalue weighted by Crippen LogP contribution is -2.62. The van der Waals surface area contributed by atoms with Gasteiger partial charge in [0.05, 0.1) is 6.54 Å². The molecule has 0 unspecified atom stereocenters. The molecule has 0 bridgehead atoms. The van der Waals surface area contributed by atoms with Gasteiger partial charge in [-0.15, -0.1) is 0 Å². The molecule has 0 aromatic heterocycles. The maximum atomic E-state index is 12.8. The van der Waals surface area contributed by atoms with Crippen molar-refractivity contribution in [2.24, 2.45) is 22.2 Å². The van der Waals surface area contributed by atoms with E-state index in [9.17, 15) is 14.4 Å². The van der Waals surface area contributed by atoms with Gasteiger partial charge >= 0.3 is 5.97 Å². The van der Waals surface area contributed by atoms with Crippen molar-refractivity contribution in [2.45, 2.75) is 24.8 Å². The molecule has 0 fully saturated rings. The van der Waals surface area contributed by atoms with Gasteiger partial charge in [0.25, 0.3) is 0 Å². The minimum absolute atomic E-state index is 0.0158. The van der Waals surface area contributed by atoms with Crippen molar-refractivity contribution in [1.82, 2.24) is 5.32 Å². The molecule has 136 valence electrons. The first-order valence-electron chi connectivity index (χ1n) is 7.67. The summed E-state index contributed by atoms with van der Waals surface area (Å²) in [5.74, 6) is -2.75. The van der Waals surface area contributed by atoms with E-state index in [0.717, 1.165) is 0 Å². The summed E-state index contributed by atoms with van der Waals surface area (Å²) in [6, 6.07) is 8.80. The molecule has 0 aliphatic carbocycles. The van der Waals surface area contributed by atoms with Gasteiger partial charge in [-0.1, -0.05) is 30.3 Å². The van der Waals surface area contributed by atoms with Gasteiger partial charge in [-0.3, -0.25) is 24.7 Å². The van der Waals surface area contributed by atoms with E-state index in [0.29, 0.717) is 5.56 Å². The normalized spacial score (nSPS) is 12.8. The number of nitrogens with two attached hydrogens (primary N) is 3. The Hall–Kier alpha value is -2.94. The van der Waals surface area contributed by atoms with E-state index >= 15 is 0 Å². The highest BCUT2D eigenvalue weighted by Gasteiger charge is 2.43. The van der Waals surface area contributed by atoms with Crippen molar-refractivity contribution in [3.05, 3.63) is 35.9 Å². The van der Waals surface area contributed by atoms with E-state index in [1.54, 1.807) is 30.3 Å². The van der Waals surface area contributed by atoms with Gasteiger partial charge in [0, 0.05) is 13.0 Å². The second-order valence-corrected chi connectivity index (χ2v) is 5.51. The van der Waals surface area contributed by atoms with Crippen LogP contribution in [-0.2, 0) is 20.8 Å². The van der Waals surface area contributed by atoms with Crippen LogP contribution in [0, 0.1) is 0 Å². The van der Waals surface area contributed by atoms with Crippen LogP contribution in [0.25, 0.3) is 0 Å². The van der Waals surface area contributed by atoms with Crippen molar-refractivity contribution in [1.29, 1.82) is 0 Å². The van der Waals surface area contributed by atoms with Crippen molar-refractivity contribution >= 4 is 23.6 Å². The van der Waals surface area contributed by atoms with Gasteiger partial charge in [-0.25, -0.2) is 0 Å². The number of amides is 1. The van der Waals surface area contributed by atoms with Gasteiger partial charge in [0.1, 0.15) is 0 Å². The summed E-state index contributed by atoms with van der Waals surface area (Å²) in [7, 11) is 0. The lowest BCUT2D eigenvalue weighted by molar-refractivity contribution is -0.139. The van der Waals surface area contributed by atoms with Gasteiger partial charge in [-0.05, 0) is 18.4 Å². The van der Waals surface area contributed by atoms with Crippen LogP contribution in [0.4, 0.5) is 0 Å². The Bertz CT molecular complexity index is 643. The number of carboxylic acid groups (broad SMARTS) is 1.